The number of nitrogens with two attached hydrogens (primary N) is 1. The summed E-state index contributed by atoms with van der Waals surface area (Å²) in [6.07, 6.45) is 7.04. The number of nitrogens with one attached hydrogen (secondary N) is 1. The number of amides is 1. The molecule has 0 aliphatic carbocycles. The number of aromatic nitrogens is 2. The number of hydrazine groups is 1. The monoisotopic (exact) mass is 765 g/mol. The lowest BCUT2D eigenvalue weighted by molar-refractivity contribution is -0.154. The maximum Gasteiger partial charge on any atom is 0.324 e. The molecule has 9 nitrogen and oxygen atoms in total. The second-order valence-corrected chi connectivity index (χ2v) is 22.9. The molecule has 1 amide bonds. The van der Waals surface area contributed by atoms with Gasteiger partial charge < -0.3 is 19.5 Å². The number of hydrogen-bond donors (Lipinski definition) is 2. The number of esters is 1. The van der Waals surface area contributed by atoms with Gasteiger partial charge in [0.25, 0.3) is 14.2 Å². The summed E-state index contributed by atoms with van der Waals surface area (Å²) in [5, 5.41) is 2.70. The normalized spacial score (nSPS) is 19.6. The minimum Gasteiger partial charge on any atom is -0.543 e. The average Bonchev–Trinajstić information content (AvgIpc) is 3.46. The molecule has 1 fully saturated rings. The van der Waals surface area contributed by atoms with E-state index in [4.69, 9.17) is 14.9 Å². The van der Waals surface area contributed by atoms with Gasteiger partial charge in [-0.25, -0.2) is 5.43 Å². The van der Waals surface area contributed by atoms with E-state index in [1.54, 1.807) is 0 Å². The number of ether oxygens (including phenoxy) is 1. The third kappa shape index (κ3) is 8.00. The average molecular weight is 766 g/mol. The van der Waals surface area contributed by atoms with E-state index in [0.717, 1.165) is 46.5 Å². The zero-order chi connectivity index (χ0) is 39.8. The summed E-state index contributed by atoms with van der Waals surface area (Å²) in [5.41, 5.74) is 19.6. The lowest BCUT2D eigenvalue weighted by Gasteiger charge is -2.42. The van der Waals surface area contributed by atoms with Crippen molar-refractivity contribution in [2.45, 2.75) is 137 Å². The summed E-state index contributed by atoms with van der Waals surface area (Å²) in [6, 6.07) is 13.9. The molecule has 0 unspecified atom stereocenters. The lowest BCUT2D eigenvalue weighted by Crippen LogP contribution is -2.59. The number of carbonyl (C=O) groups is 2. The van der Waals surface area contributed by atoms with E-state index >= 15 is 0 Å². The maximum absolute atomic E-state index is 13.9. The summed E-state index contributed by atoms with van der Waals surface area (Å²) >= 11 is 0. The summed E-state index contributed by atoms with van der Waals surface area (Å²) < 4.78 is 15.8. The van der Waals surface area contributed by atoms with Crippen LogP contribution in [0.4, 0.5) is 0 Å². The molecule has 296 valence electrons. The Morgan fingerprint density at radius 1 is 1.00 bits per heavy atom. The van der Waals surface area contributed by atoms with Gasteiger partial charge in [0, 0.05) is 47.4 Å². The van der Waals surface area contributed by atoms with Gasteiger partial charge in [-0.15, -0.1) is 0 Å². The quantitative estimate of drug-likeness (QED) is 0.136. The summed E-state index contributed by atoms with van der Waals surface area (Å²) in [4.78, 5) is 32.1. The molecule has 6 rings (SSSR count). The first-order valence-corrected chi connectivity index (χ1v) is 22.7. The van der Waals surface area contributed by atoms with Gasteiger partial charge in [0.05, 0.1) is 18.3 Å². The second kappa shape index (κ2) is 16.2. The molecule has 4 aromatic rings. The van der Waals surface area contributed by atoms with Crippen LogP contribution in [0, 0.1) is 5.41 Å². The van der Waals surface area contributed by atoms with E-state index in [0.29, 0.717) is 48.9 Å². The summed E-state index contributed by atoms with van der Waals surface area (Å²) in [7, 11) is -2.32. The molecular formula is C45H63N5O4Si. The number of fused-ring (bicyclic) bond motifs is 6. The highest BCUT2D eigenvalue weighted by Gasteiger charge is 2.47. The molecule has 0 saturated carbocycles. The van der Waals surface area contributed by atoms with Crippen LogP contribution in [0.2, 0.25) is 16.6 Å². The Labute approximate surface area is 329 Å². The molecule has 55 heavy (non-hydrogen) atoms. The van der Waals surface area contributed by atoms with Crippen LogP contribution in [-0.2, 0) is 40.1 Å². The predicted octanol–water partition coefficient (Wildman–Crippen LogP) is 9.00. The Morgan fingerprint density at radius 3 is 2.40 bits per heavy atom. The predicted molar refractivity (Wildman–Crippen MR) is 225 cm³/mol. The van der Waals surface area contributed by atoms with Gasteiger partial charge in [-0.05, 0) is 114 Å². The topological polar surface area (TPSA) is 112 Å². The molecule has 2 aromatic carbocycles. The smallest absolute Gasteiger partial charge is 0.324 e. The molecule has 2 aliphatic heterocycles. The number of cyclic esters (lactones) is 1. The molecule has 0 radical (unpaired) electrons. The number of nitrogens with zero attached hydrogens (tertiary/aromatic N) is 3. The van der Waals surface area contributed by atoms with Crippen molar-refractivity contribution in [1.29, 1.82) is 0 Å². The number of aryl methyl sites for hydroxylation is 2. The fraction of sp³-hybridized carbons (Fsp3) is 0.533. The zero-order valence-corrected chi connectivity index (χ0v) is 35.8. The van der Waals surface area contributed by atoms with Crippen molar-refractivity contribution in [1.82, 2.24) is 20.0 Å². The van der Waals surface area contributed by atoms with Crippen molar-refractivity contribution < 1.29 is 18.8 Å². The van der Waals surface area contributed by atoms with Gasteiger partial charge in [-0.2, -0.15) is 0 Å². The Kier molecular flexibility index (Phi) is 12.0. The first-order valence-electron chi connectivity index (χ1n) is 20.5. The van der Waals surface area contributed by atoms with E-state index in [2.05, 4.69) is 127 Å². The number of rotatable bonds is 8. The Hall–Kier alpha value is -3.99. The first-order chi connectivity index (χ1) is 26.1. The molecule has 2 aromatic heterocycles. The summed E-state index contributed by atoms with van der Waals surface area (Å²) in [6.45, 7) is 24.0. The van der Waals surface area contributed by atoms with E-state index < -0.39 is 25.8 Å². The van der Waals surface area contributed by atoms with Gasteiger partial charge in [0.1, 0.15) is 11.8 Å². The molecular weight excluding hydrogens is 703 g/mol. The highest BCUT2D eigenvalue weighted by atomic mass is 28.4. The van der Waals surface area contributed by atoms with Gasteiger partial charge in [-0.1, -0.05) is 74.4 Å². The van der Waals surface area contributed by atoms with Crippen LogP contribution in [0.1, 0.15) is 98.8 Å². The van der Waals surface area contributed by atoms with Crippen molar-refractivity contribution >= 4 is 31.1 Å². The molecule has 6 bridgehead atoms. The van der Waals surface area contributed by atoms with Crippen LogP contribution < -0.4 is 15.6 Å². The van der Waals surface area contributed by atoms with Crippen molar-refractivity contribution in [2.24, 2.45) is 11.1 Å². The van der Waals surface area contributed by atoms with Gasteiger partial charge in [-0.3, -0.25) is 19.6 Å². The Morgan fingerprint density at radius 2 is 1.73 bits per heavy atom. The number of benzene rings is 2. The largest absolute Gasteiger partial charge is 0.543 e. The molecule has 3 N–H and O–H groups in total. The Bertz CT molecular complexity index is 2010. The highest BCUT2D eigenvalue weighted by molar-refractivity contribution is 6.78. The fourth-order valence-electron chi connectivity index (χ4n) is 9.48. The van der Waals surface area contributed by atoms with Gasteiger partial charge in [0.2, 0.25) is 0 Å². The standard InChI is InChI=1S/C45H63N5O4Si/c1-11-32-17-18-47-26-38(32)42-37-25-45(9,10)27-53-44(52)40-14-13-19-50(48-40)43(51)39(46)22-31-20-34(33-15-16-41(36(37)24-33)49(42)12-2)23-35(21-31)54-55(28(3)4,29(5)6)30(7)8/h15-18,20-21,23-24,26,28-30,39-40,48H,11-14,19,22,25,27,46H2,1-10H3/t39-,40-/m0/s1. The van der Waals surface area contributed by atoms with E-state index in [9.17, 15) is 9.59 Å². The van der Waals surface area contributed by atoms with E-state index in [1.807, 2.05) is 12.4 Å². The fourth-order valence-corrected chi connectivity index (χ4v) is 14.7. The lowest BCUT2D eigenvalue weighted by atomic mass is 9.84. The van der Waals surface area contributed by atoms with Gasteiger partial charge >= 0.3 is 5.97 Å². The van der Waals surface area contributed by atoms with Crippen LogP contribution in [0.25, 0.3) is 33.3 Å². The summed E-state index contributed by atoms with van der Waals surface area (Å²) in [5.74, 6) is 0.254. The molecule has 2 atom stereocenters. The molecule has 10 heteroatoms. The number of carbonyl (C=O) groups excluding carboxylic acids is 2. The van der Waals surface area contributed by atoms with Crippen LogP contribution in [0.3, 0.4) is 0 Å². The van der Waals surface area contributed by atoms with Crippen LogP contribution in [0.5, 0.6) is 5.75 Å². The molecule has 0 spiro atoms. The third-order valence-corrected chi connectivity index (χ3v) is 18.1. The number of hydrogen-bond acceptors (Lipinski definition) is 7. The first kappa shape index (κ1) is 40.7. The van der Waals surface area contributed by atoms with Crippen LogP contribution >= 0.6 is 0 Å². The van der Waals surface area contributed by atoms with Crippen LogP contribution in [-0.4, -0.2) is 60.0 Å². The Balaban J connectivity index is 1.60. The van der Waals surface area contributed by atoms with Crippen molar-refractivity contribution in [3.63, 3.8) is 0 Å². The molecule has 4 heterocycles. The van der Waals surface area contributed by atoms with E-state index in [1.165, 1.54) is 27.2 Å². The number of pyridine rings is 1. The second-order valence-electron chi connectivity index (χ2n) is 17.5. The highest BCUT2D eigenvalue weighted by Crippen LogP contribution is 2.45. The molecule has 1 saturated heterocycles. The molecule has 2 aliphatic rings. The van der Waals surface area contributed by atoms with Crippen molar-refractivity contribution in [2.75, 3.05) is 13.2 Å². The van der Waals surface area contributed by atoms with Crippen molar-refractivity contribution in [3.05, 3.63) is 71.5 Å². The van der Waals surface area contributed by atoms with Gasteiger partial charge in [0.15, 0.2) is 0 Å². The minimum absolute atomic E-state index is 0.233. The maximum atomic E-state index is 13.9. The van der Waals surface area contributed by atoms with Crippen LogP contribution in [0.15, 0.2) is 54.9 Å². The minimum atomic E-state index is -2.32. The SMILES string of the molecule is CCc1ccncc1-c1c2c3cc(ccc3n1CC)-c1cc(cc(O[Si](C(C)C)(C(C)C)C(C)C)c1)C[C@H](N)C(=O)N1CCC[C@H](N1)C(=O)OCC(C)(C)C2. The van der Waals surface area contributed by atoms with E-state index in [-0.39, 0.29) is 18.5 Å². The van der Waals surface area contributed by atoms with Crippen molar-refractivity contribution in [3.8, 4) is 28.1 Å². The zero-order valence-electron chi connectivity index (χ0n) is 34.8. The third-order valence-electron chi connectivity index (χ3n) is 12.1.